The van der Waals surface area contributed by atoms with Crippen molar-refractivity contribution in [3.8, 4) is 11.4 Å². The first-order valence-corrected chi connectivity index (χ1v) is 20.5. The molecule has 4 heterocycles. The largest absolute Gasteiger partial charge is 0.310 e. The topological polar surface area (TPSA) is 9.86 Å². The molecule has 0 atom stereocenters. The predicted molar refractivity (Wildman–Crippen MR) is 247 cm³/mol. The number of hydrogen-bond acceptors (Lipinski definition) is 0. The van der Waals surface area contributed by atoms with Crippen LogP contribution in [0.25, 0.3) is 109 Å². The second kappa shape index (κ2) is 9.86. The van der Waals surface area contributed by atoms with E-state index in [1.54, 1.807) is 0 Å². The zero-order valence-electron chi connectivity index (χ0n) is 32.9. The molecule has 0 saturated carbocycles. The maximum atomic E-state index is 2.71. The molecule has 14 rings (SSSR count). The van der Waals surface area contributed by atoms with Gasteiger partial charge in [0, 0.05) is 48.7 Å². The summed E-state index contributed by atoms with van der Waals surface area (Å²) in [5, 5.41) is 18.9. The zero-order valence-corrected chi connectivity index (χ0v) is 32.9. The van der Waals surface area contributed by atoms with Crippen LogP contribution >= 0.6 is 0 Å². The van der Waals surface area contributed by atoms with Crippen LogP contribution in [0.5, 0.6) is 0 Å². The van der Waals surface area contributed by atoms with Gasteiger partial charge in [-0.25, -0.2) is 0 Å². The van der Waals surface area contributed by atoms with Crippen LogP contribution in [0, 0.1) is 41.5 Å². The van der Waals surface area contributed by atoms with Gasteiger partial charge in [0.2, 0.25) is 0 Å². The molecule has 2 nitrogen and oxygen atoms in total. The van der Waals surface area contributed by atoms with Crippen LogP contribution in [0.4, 0.5) is 0 Å². The molecule has 0 N–H and O–H groups in total. The average molecular weight is 725 g/mol. The van der Waals surface area contributed by atoms with E-state index in [9.17, 15) is 0 Å². The molecule has 2 aromatic heterocycles. The third-order valence-corrected chi connectivity index (χ3v) is 14.0. The van der Waals surface area contributed by atoms with Gasteiger partial charge in [0.15, 0.2) is 0 Å². The number of nitrogens with zero attached hydrogens (tertiary/aromatic N) is 2. The lowest BCUT2D eigenvalue weighted by Crippen LogP contribution is -2.59. The van der Waals surface area contributed by atoms with Gasteiger partial charge in [-0.15, -0.1) is 0 Å². The fourth-order valence-corrected chi connectivity index (χ4v) is 12.0. The lowest BCUT2D eigenvalue weighted by Gasteiger charge is -2.37. The van der Waals surface area contributed by atoms with E-state index in [2.05, 4.69) is 166 Å². The van der Waals surface area contributed by atoms with Crippen LogP contribution in [0.2, 0.25) is 0 Å². The first-order valence-electron chi connectivity index (χ1n) is 20.5. The first kappa shape index (κ1) is 30.6. The van der Waals surface area contributed by atoms with E-state index in [4.69, 9.17) is 0 Å². The number of hydrogen-bond donors (Lipinski definition) is 0. The predicted octanol–water partition coefficient (Wildman–Crippen LogP) is 12.1. The summed E-state index contributed by atoms with van der Waals surface area (Å²) in [5.74, 6) is 0. The van der Waals surface area contributed by atoms with Gasteiger partial charge in [0.1, 0.15) is 0 Å². The Morgan fingerprint density at radius 1 is 0.333 bits per heavy atom. The minimum Gasteiger partial charge on any atom is -0.310 e. The van der Waals surface area contributed by atoms with E-state index in [1.807, 2.05) is 0 Å². The molecule has 57 heavy (non-hydrogen) atoms. The van der Waals surface area contributed by atoms with Gasteiger partial charge in [0.05, 0.1) is 22.4 Å². The normalized spacial score (nSPS) is 13.4. The van der Waals surface area contributed by atoms with Crippen molar-refractivity contribution in [3.63, 3.8) is 0 Å². The molecule has 0 aliphatic carbocycles. The fourth-order valence-electron chi connectivity index (χ4n) is 12.0. The van der Waals surface area contributed by atoms with Crippen LogP contribution in [-0.4, -0.2) is 15.8 Å². The van der Waals surface area contributed by atoms with Crippen LogP contribution in [-0.2, 0) is 0 Å². The Bertz CT molecular complexity index is 3680. The average Bonchev–Trinajstić information content (AvgIpc) is 3.69. The second-order valence-electron chi connectivity index (χ2n) is 17.7. The molecule has 3 heteroatoms. The first-order chi connectivity index (χ1) is 27.7. The Morgan fingerprint density at radius 3 is 1.21 bits per heavy atom. The summed E-state index contributed by atoms with van der Waals surface area (Å²) >= 11 is 0. The highest BCUT2D eigenvalue weighted by Gasteiger charge is 2.44. The lowest BCUT2D eigenvalue weighted by molar-refractivity contribution is 1.17. The number of benzene rings is 10. The van der Waals surface area contributed by atoms with Crippen molar-refractivity contribution in [2.75, 3.05) is 0 Å². The second-order valence-corrected chi connectivity index (χ2v) is 17.7. The number of aryl methyl sites for hydroxylation is 6. The Morgan fingerprint density at radius 2 is 0.737 bits per heavy atom. The standard InChI is InChI=1S/C54H37BN2/c1-26-10-14-34-36(18-26)32-8-7-9-33-37-19-27(2)11-15-35(37)48-49(46(32)33)47(34)53-50-54(48)57-45-17-13-29(4)21-39(45)41-23-31(6)25-43(52(41)57)55(50)42-24-30(5)22-40-38-20-28(3)12-16-44(38)56(53)51(40)42/h7-25H,1-6H3. The smallest absolute Gasteiger partial charge is 0.252 e. The van der Waals surface area contributed by atoms with Crippen molar-refractivity contribution >= 4 is 121 Å². The van der Waals surface area contributed by atoms with Gasteiger partial charge in [-0.3, -0.25) is 0 Å². The molecule has 10 aromatic carbocycles. The summed E-state index contributed by atoms with van der Waals surface area (Å²) in [6, 6.07) is 45.7. The summed E-state index contributed by atoms with van der Waals surface area (Å²) in [7, 11) is 0. The van der Waals surface area contributed by atoms with E-state index in [0.717, 1.165) is 0 Å². The molecule has 0 saturated heterocycles. The van der Waals surface area contributed by atoms with Crippen molar-refractivity contribution in [2.24, 2.45) is 0 Å². The van der Waals surface area contributed by atoms with E-state index in [0.29, 0.717) is 0 Å². The van der Waals surface area contributed by atoms with Crippen LogP contribution in [0.3, 0.4) is 0 Å². The fraction of sp³-hybridized carbons (Fsp3) is 0.111. The molecule has 2 aliphatic heterocycles. The van der Waals surface area contributed by atoms with Crippen molar-refractivity contribution in [3.05, 3.63) is 149 Å². The molecule has 0 radical (unpaired) electrons. The van der Waals surface area contributed by atoms with Crippen molar-refractivity contribution in [1.82, 2.24) is 9.13 Å². The van der Waals surface area contributed by atoms with Gasteiger partial charge >= 0.3 is 0 Å². The monoisotopic (exact) mass is 724 g/mol. The van der Waals surface area contributed by atoms with Crippen LogP contribution in [0.15, 0.2) is 115 Å². The molecule has 2 aliphatic rings. The van der Waals surface area contributed by atoms with Crippen molar-refractivity contribution in [1.29, 1.82) is 0 Å². The SMILES string of the molecule is Cc1ccc2c(c1)c1cccc3c4cc(C)ccc4c4c5c6c(c2c4c13)-n1c2ccc(C)cc2c2cc(C)cc(c21)B6c1cc(C)cc2c3cc(C)ccc3n-5c12. The maximum absolute atomic E-state index is 2.71. The molecule has 0 bridgehead atoms. The molecule has 0 unspecified atom stereocenters. The van der Waals surface area contributed by atoms with E-state index >= 15 is 0 Å². The highest BCUT2D eigenvalue weighted by molar-refractivity contribution is 7.01. The maximum Gasteiger partial charge on any atom is 0.252 e. The molecule has 12 aromatic rings. The van der Waals surface area contributed by atoms with Crippen LogP contribution in [0.1, 0.15) is 33.4 Å². The Hall–Kier alpha value is -6.58. The number of fused-ring (bicyclic) bond motifs is 18. The summed E-state index contributed by atoms with van der Waals surface area (Å²) in [6.07, 6.45) is 0. The van der Waals surface area contributed by atoms with E-state index < -0.39 is 0 Å². The summed E-state index contributed by atoms with van der Waals surface area (Å²) in [4.78, 5) is 0. The van der Waals surface area contributed by atoms with Gasteiger partial charge in [-0.1, -0.05) is 112 Å². The molecule has 0 fully saturated rings. The van der Waals surface area contributed by atoms with Gasteiger partial charge in [-0.05, 0) is 132 Å². The molecular formula is C54H37BN2. The molecule has 266 valence electrons. The number of rotatable bonds is 0. The van der Waals surface area contributed by atoms with E-state index in [-0.39, 0.29) is 6.71 Å². The Balaban J connectivity index is 1.41. The van der Waals surface area contributed by atoms with Gasteiger partial charge < -0.3 is 9.13 Å². The summed E-state index contributed by atoms with van der Waals surface area (Å²) < 4.78 is 5.42. The summed E-state index contributed by atoms with van der Waals surface area (Å²) in [6.45, 7) is 13.6. The minimum absolute atomic E-state index is 0.0542. The Labute approximate surface area is 329 Å². The quantitative estimate of drug-likeness (QED) is 0.0837. The van der Waals surface area contributed by atoms with Gasteiger partial charge in [-0.2, -0.15) is 0 Å². The minimum atomic E-state index is 0.0542. The zero-order chi connectivity index (χ0) is 37.9. The van der Waals surface area contributed by atoms with Crippen molar-refractivity contribution < 1.29 is 0 Å². The number of aromatic nitrogens is 2. The van der Waals surface area contributed by atoms with E-state index in [1.165, 1.54) is 159 Å². The Kier molecular flexibility index (Phi) is 5.30. The third-order valence-electron chi connectivity index (χ3n) is 14.0. The van der Waals surface area contributed by atoms with Crippen LogP contribution < -0.4 is 16.4 Å². The summed E-state index contributed by atoms with van der Waals surface area (Å²) in [5.41, 5.74) is 20.0. The van der Waals surface area contributed by atoms with Crippen molar-refractivity contribution in [2.45, 2.75) is 41.5 Å². The molecule has 0 amide bonds. The molecule has 0 spiro atoms. The lowest BCUT2D eigenvalue weighted by atomic mass is 9.33. The van der Waals surface area contributed by atoms with Gasteiger partial charge in [0.25, 0.3) is 6.71 Å². The molecular weight excluding hydrogens is 687 g/mol. The highest BCUT2D eigenvalue weighted by Crippen LogP contribution is 2.52. The highest BCUT2D eigenvalue weighted by atomic mass is 15.0. The third kappa shape index (κ3) is 3.45.